The summed E-state index contributed by atoms with van der Waals surface area (Å²) in [4.78, 5) is 18.3. The van der Waals surface area contributed by atoms with Gasteiger partial charge >= 0.3 is 0 Å². The molecule has 146 valence electrons. The summed E-state index contributed by atoms with van der Waals surface area (Å²) in [5.74, 6) is 0.836. The largest absolute Gasteiger partial charge is 0.361 e. The number of aromatic amines is 1. The topological polar surface area (TPSA) is 48.1 Å². The summed E-state index contributed by atoms with van der Waals surface area (Å²) in [6.07, 6.45) is 4.96. The van der Waals surface area contributed by atoms with Crippen LogP contribution < -0.4 is 5.32 Å². The summed E-state index contributed by atoms with van der Waals surface area (Å²) in [6.45, 7) is 6.23. The van der Waals surface area contributed by atoms with Gasteiger partial charge in [-0.3, -0.25) is 9.69 Å². The number of fused-ring (bicyclic) bond motifs is 1. The van der Waals surface area contributed by atoms with Crippen LogP contribution in [0.4, 0.5) is 0 Å². The first-order valence-electron chi connectivity index (χ1n) is 10.3. The summed E-state index contributed by atoms with van der Waals surface area (Å²) in [7, 11) is 0. The highest BCUT2D eigenvalue weighted by Gasteiger charge is 2.17. The Kier molecular flexibility index (Phi) is 5.77. The van der Waals surface area contributed by atoms with Crippen LogP contribution in [0.2, 0.25) is 0 Å². The molecule has 4 heteroatoms. The van der Waals surface area contributed by atoms with Crippen molar-refractivity contribution in [3.05, 3.63) is 71.4 Å². The maximum atomic E-state index is 12.5. The summed E-state index contributed by atoms with van der Waals surface area (Å²) in [6, 6.07) is 16.6. The molecule has 1 aliphatic heterocycles. The Morgan fingerprint density at radius 3 is 2.75 bits per heavy atom. The molecule has 1 amide bonds. The third-order valence-electron chi connectivity index (χ3n) is 5.76. The van der Waals surface area contributed by atoms with Crippen LogP contribution in [0.15, 0.2) is 54.7 Å². The number of carbonyl (C=O) groups is 1. The van der Waals surface area contributed by atoms with Crippen LogP contribution in [0.5, 0.6) is 0 Å². The number of rotatable bonds is 6. The number of aromatic nitrogens is 1. The van der Waals surface area contributed by atoms with Gasteiger partial charge in [-0.05, 0) is 48.1 Å². The van der Waals surface area contributed by atoms with Crippen LogP contribution in [0.1, 0.15) is 36.5 Å². The minimum Gasteiger partial charge on any atom is -0.361 e. The molecule has 4 rings (SSSR count). The van der Waals surface area contributed by atoms with E-state index in [1.165, 1.54) is 37.1 Å². The van der Waals surface area contributed by atoms with Gasteiger partial charge in [0.05, 0.1) is 6.42 Å². The van der Waals surface area contributed by atoms with E-state index in [0.29, 0.717) is 13.0 Å². The molecule has 0 unspecified atom stereocenters. The van der Waals surface area contributed by atoms with Crippen molar-refractivity contribution in [2.24, 2.45) is 5.92 Å². The Morgan fingerprint density at radius 2 is 1.89 bits per heavy atom. The highest BCUT2D eigenvalue weighted by atomic mass is 16.1. The standard InChI is InChI=1S/C24H29N3O/c1-18-7-6-12-27(16-18)17-20-9-3-2-8-19(20)14-26-24(28)13-21-15-25-23-11-5-4-10-22(21)23/h2-5,8-11,15,18,25H,6-7,12-14,16-17H2,1H3,(H,26,28)/t18-/m0/s1. The van der Waals surface area contributed by atoms with E-state index in [9.17, 15) is 4.79 Å². The number of benzene rings is 2. The van der Waals surface area contributed by atoms with Gasteiger partial charge in [0.15, 0.2) is 0 Å². The fraction of sp³-hybridized carbons (Fsp3) is 0.375. The minimum atomic E-state index is 0.0613. The molecule has 1 aromatic heterocycles. The van der Waals surface area contributed by atoms with Gasteiger partial charge in [-0.2, -0.15) is 0 Å². The first kappa shape index (κ1) is 18.8. The SMILES string of the molecule is C[C@H]1CCCN(Cc2ccccc2CNC(=O)Cc2c[nH]c3ccccc23)C1. The van der Waals surface area contributed by atoms with E-state index < -0.39 is 0 Å². The van der Waals surface area contributed by atoms with Gasteiger partial charge in [-0.25, -0.2) is 0 Å². The highest BCUT2D eigenvalue weighted by molar-refractivity contribution is 5.88. The lowest BCUT2D eigenvalue weighted by atomic mass is 9.99. The number of para-hydroxylation sites is 1. The van der Waals surface area contributed by atoms with Crippen molar-refractivity contribution >= 4 is 16.8 Å². The Labute approximate surface area is 166 Å². The fourth-order valence-electron chi connectivity index (χ4n) is 4.26. The molecule has 0 aliphatic carbocycles. The second-order valence-corrected chi connectivity index (χ2v) is 8.06. The quantitative estimate of drug-likeness (QED) is 0.676. The van der Waals surface area contributed by atoms with Gasteiger partial charge < -0.3 is 10.3 Å². The van der Waals surface area contributed by atoms with E-state index >= 15 is 0 Å². The molecule has 2 aromatic carbocycles. The van der Waals surface area contributed by atoms with E-state index in [4.69, 9.17) is 0 Å². The molecule has 4 nitrogen and oxygen atoms in total. The molecule has 3 aromatic rings. The van der Waals surface area contributed by atoms with Crippen LogP contribution in [0, 0.1) is 5.92 Å². The molecule has 1 aliphatic rings. The second kappa shape index (κ2) is 8.61. The zero-order chi connectivity index (χ0) is 19.3. The van der Waals surface area contributed by atoms with Crippen molar-refractivity contribution in [2.45, 2.75) is 39.3 Å². The molecular formula is C24H29N3O. The summed E-state index contributed by atoms with van der Waals surface area (Å²) in [5, 5.41) is 4.24. The van der Waals surface area contributed by atoms with Crippen LogP contribution in [0.3, 0.4) is 0 Å². The molecule has 0 saturated carbocycles. The normalized spacial score (nSPS) is 17.7. The lowest BCUT2D eigenvalue weighted by Gasteiger charge is -2.31. The van der Waals surface area contributed by atoms with Crippen LogP contribution in [0.25, 0.3) is 10.9 Å². The average molecular weight is 376 g/mol. The Hall–Kier alpha value is -2.59. The number of likely N-dealkylation sites (tertiary alicyclic amines) is 1. The number of piperidine rings is 1. The molecule has 0 radical (unpaired) electrons. The number of hydrogen-bond donors (Lipinski definition) is 2. The fourth-order valence-corrected chi connectivity index (χ4v) is 4.26. The Balaban J connectivity index is 1.37. The van der Waals surface area contributed by atoms with Crippen LogP contribution in [-0.4, -0.2) is 28.9 Å². The average Bonchev–Trinajstić information content (AvgIpc) is 3.10. The molecule has 2 heterocycles. The Bertz CT molecular complexity index is 946. The van der Waals surface area contributed by atoms with Gasteiger partial charge in [0, 0.05) is 36.7 Å². The van der Waals surface area contributed by atoms with Crippen LogP contribution >= 0.6 is 0 Å². The number of nitrogens with zero attached hydrogens (tertiary/aromatic N) is 1. The predicted molar refractivity (Wildman–Crippen MR) is 114 cm³/mol. The molecule has 2 N–H and O–H groups in total. The van der Waals surface area contributed by atoms with Crippen molar-refractivity contribution in [1.82, 2.24) is 15.2 Å². The second-order valence-electron chi connectivity index (χ2n) is 8.06. The first-order chi connectivity index (χ1) is 13.7. The maximum Gasteiger partial charge on any atom is 0.224 e. The third-order valence-corrected chi connectivity index (χ3v) is 5.76. The summed E-state index contributed by atoms with van der Waals surface area (Å²) in [5.41, 5.74) is 4.66. The van der Waals surface area contributed by atoms with Gasteiger partial charge in [0.2, 0.25) is 5.91 Å². The number of carbonyl (C=O) groups excluding carboxylic acids is 1. The van der Waals surface area contributed by atoms with Crippen molar-refractivity contribution in [3.8, 4) is 0 Å². The predicted octanol–water partition coefficient (Wildman–Crippen LogP) is 4.26. The van der Waals surface area contributed by atoms with Gasteiger partial charge in [0.1, 0.15) is 0 Å². The molecule has 0 spiro atoms. The van der Waals surface area contributed by atoms with Gasteiger partial charge in [-0.1, -0.05) is 49.4 Å². The number of H-pyrrole nitrogens is 1. The molecule has 28 heavy (non-hydrogen) atoms. The zero-order valence-corrected chi connectivity index (χ0v) is 16.6. The smallest absolute Gasteiger partial charge is 0.224 e. The van der Waals surface area contributed by atoms with E-state index in [0.717, 1.165) is 28.9 Å². The number of amides is 1. The summed E-state index contributed by atoms with van der Waals surface area (Å²) >= 11 is 0. The molecule has 0 bridgehead atoms. The molecule has 1 saturated heterocycles. The number of nitrogens with one attached hydrogen (secondary N) is 2. The van der Waals surface area contributed by atoms with Crippen molar-refractivity contribution in [2.75, 3.05) is 13.1 Å². The molecular weight excluding hydrogens is 346 g/mol. The highest BCUT2D eigenvalue weighted by Crippen LogP contribution is 2.20. The monoisotopic (exact) mass is 375 g/mol. The van der Waals surface area contributed by atoms with E-state index in [-0.39, 0.29) is 5.91 Å². The van der Waals surface area contributed by atoms with E-state index in [2.05, 4.69) is 52.5 Å². The van der Waals surface area contributed by atoms with Gasteiger partial charge in [0.25, 0.3) is 0 Å². The van der Waals surface area contributed by atoms with E-state index in [1.54, 1.807) is 0 Å². The minimum absolute atomic E-state index is 0.0613. The van der Waals surface area contributed by atoms with Gasteiger partial charge in [-0.15, -0.1) is 0 Å². The lowest BCUT2D eigenvalue weighted by molar-refractivity contribution is -0.120. The van der Waals surface area contributed by atoms with Crippen molar-refractivity contribution in [1.29, 1.82) is 0 Å². The van der Waals surface area contributed by atoms with Crippen LogP contribution in [-0.2, 0) is 24.3 Å². The lowest BCUT2D eigenvalue weighted by Crippen LogP contribution is -2.34. The van der Waals surface area contributed by atoms with Crippen molar-refractivity contribution < 1.29 is 4.79 Å². The zero-order valence-electron chi connectivity index (χ0n) is 16.6. The molecule has 1 atom stereocenters. The maximum absolute atomic E-state index is 12.5. The third kappa shape index (κ3) is 4.45. The van der Waals surface area contributed by atoms with E-state index in [1.807, 2.05) is 24.4 Å². The van der Waals surface area contributed by atoms with Crippen molar-refractivity contribution in [3.63, 3.8) is 0 Å². The Morgan fingerprint density at radius 1 is 1.11 bits per heavy atom. The number of hydrogen-bond acceptors (Lipinski definition) is 2. The molecule has 1 fully saturated rings. The first-order valence-corrected chi connectivity index (χ1v) is 10.3. The summed E-state index contributed by atoms with van der Waals surface area (Å²) < 4.78 is 0.